The maximum absolute atomic E-state index is 12.8. The molecule has 0 aromatic heterocycles. The molecule has 4 heteroatoms. The summed E-state index contributed by atoms with van der Waals surface area (Å²) in [6, 6.07) is 18.9. The first-order chi connectivity index (χ1) is 13.7. The highest BCUT2D eigenvalue weighted by Gasteiger charge is 2.11. The van der Waals surface area contributed by atoms with Crippen LogP contribution in [-0.2, 0) is 0 Å². The van der Waals surface area contributed by atoms with Crippen LogP contribution in [0.2, 0.25) is 0 Å². The molecule has 0 atom stereocenters. The third-order valence-corrected chi connectivity index (χ3v) is 5.01. The molecule has 3 aromatic carbocycles. The van der Waals surface area contributed by atoms with Crippen molar-refractivity contribution < 1.29 is 14.3 Å². The van der Waals surface area contributed by atoms with Gasteiger partial charge in [0, 0.05) is 23.1 Å². The van der Waals surface area contributed by atoms with E-state index in [1.165, 1.54) is 0 Å². The van der Waals surface area contributed by atoms with Gasteiger partial charge in [-0.1, -0.05) is 32.0 Å². The summed E-state index contributed by atoms with van der Waals surface area (Å²) in [6.45, 7) is 7.90. The van der Waals surface area contributed by atoms with Crippen LogP contribution in [0.25, 0.3) is 10.8 Å². The van der Waals surface area contributed by atoms with E-state index < -0.39 is 0 Å². The first-order valence-electron chi connectivity index (χ1n) is 9.73. The van der Waals surface area contributed by atoms with Crippen molar-refractivity contribution in [1.29, 1.82) is 0 Å². The molecule has 0 saturated carbocycles. The van der Waals surface area contributed by atoms with Gasteiger partial charge in [-0.15, -0.1) is 0 Å². The minimum atomic E-state index is -0.00240. The van der Waals surface area contributed by atoms with E-state index in [1.54, 1.807) is 31.4 Å². The summed E-state index contributed by atoms with van der Waals surface area (Å²) in [7, 11) is 1.61. The van der Waals surface area contributed by atoms with Crippen LogP contribution in [0.3, 0.4) is 0 Å². The topological polar surface area (TPSA) is 38.8 Å². The molecule has 0 unspecified atom stereocenters. The molecule has 0 aliphatic rings. The van der Waals surface area contributed by atoms with E-state index in [0.717, 1.165) is 41.9 Å². The second kappa shape index (κ2) is 9.38. The summed E-state index contributed by atoms with van der Waals surface area (Å²) in [5.41, 5.74) is 1.31. The zero-order valence-corrected chi connectivity index (χ0v) is 16.8. The van der Waals surface area contributed by atoms with Crippen molar-refractivity contribution in [2.24, 2.45) is 0 Å². The maximum Gasteiger partial charge on any atom is 0.193 e. The number of likely N-dealkylation sites (N-methyl/N-ethyl adjacent to an activating group) is 1. The number of hydrogen-bond acceptors (Lipinski definition) is 4. The van der Waals surface area contributed by atoms with E-state index in [4.69, 9.17) is 9.47 Å². The zero-order chi connectivity index (χ0) is 19.9. The van der Waals surface area contributed by atoms with Gasteiger partial charge in [0.15, 0.2) is 5.78 Å². The van der Waals surface area contributed by atoms with E-state index in [9.17, 15) is 4.79 Å². The smallest absolute Gasteiger partial charge is 0.193 e. The van der Waals surface area contributed by atoms with E-state index in [-0.39, 0.29) is 5.78 Å². The average Bonchev–Trinajstić information content (AvgIpc) is 2.76. The number of fused-ring (bicyclic) bond motifs is 1. The lowest BCUT2D eigenvalue weighted by molar-refractivity contribution is 0.103. The standard InChI is InChI=1S/C24H27NO3/c1-4-25(5-2)15-16-28-23-8-6-7-19-17-20(11-14-22(19)23)24(26)18-9-12-21(27-3)13-10-18/h6-14,17H,4-5,15-16H2,1-3H3. The summed E-state index contributed by atoms with van der Waals surface area (Å²) < 4.78 is 11.2. The van der Waals surface area contributed by atoms with Gasteiger partial charge in [0.05, 0.1) is 7.11 Å². The molecule has 146 valence electrons. The molecule has 4 nitrogen and oxygen atoms in total. The van der Waals surface area contributed by atoms with Crippen LogP contribution in [-0.4, -0.2) is 44.0 Å². The van der Waals surface area contributed by atoms with Crippen molar-refractivity contribution in [3.63, 3.8) is 0 Å². The molecule has 0 spiro atoms. The third-order valence-electron chi connectivity index (χ3n) is 5.01. The van der Waals surface area contributed by atoms with Gasteiger partial charge in [0.25, 0.3) is 0 Å². The Labute approximate surface area is 166 Å². The van der Waals surface area contributed by atoms with Crippen molar-refractivity contribution in [2.45, 2.75) is 13.8 Å². The molecule has 28 heavy (non-hydrogen) atoms. The number of carbonyl (C=O) groups excluding carboxylic acids is 1. The van der Waals surface area contributed by atoms with E-state index in [2.05, 4.69) is 18.7 Å². The lowest BCUT2D eigenvalue weighted by Crippen LogP contribution is -2.27. The van der Waals surface area contributed by atoms with Gasteiger partial charge in [-0.05, 0) is 60.9 Å². The predicted molar refractivity (Wildman–Crippen MR) is 114 cm³/mol. The van der Waals surface area contributed by atoms with Crippen LogP contribution in [0.1, 0.15) is 29.8 Å². The molecule has 0 aliphatic heterocycles. The van der Waals surface area contributed by atoms with Crippen molar-refractivity contribution >= 4 is 16.6 Å². The Morgan fingerprint density at radius 3 is 2.32 bits per heavy atom. The zero-order valence-electron chi connectivity index (χ0n) is 16.8. The quantitative estimate of drug-likeness (QED) is 0.502. The van der Waals surface area contributed by atoms with Gasteiger partial charge in [0.2, 0.25) is 0 Å². The molecule has 0 fully saturated rings. The number of nitrogens with zero attached hydrogens (tertiary/aromatic N) is 1. The summed E-state index contributed by atoms with van der Waals surface area (Å²) in [5, 5.41) is 2.02. The monoisotopic (exact) mass is 377 g/mol. The Morgan fingerprint density at radius 1 is 0.929 bits per heavy atom. The first kappa shape index (κ1) is 19.9. The molecule has 0 N–H and O–H groups in total. The van der Waals surface area contributed by atoms with Gasteiger partial charge in [0.1, 0.15) is 18.1 Å². The highest BCUT2D eigenvalue weighted by atomic mass is 16.5. The molecule has 0 saturated heterocycles. The van der Waals surface area contributed by atoms with Gasteiger partial charge < -0.3 is 14.4 Å². The Kier molecular flexibility index (Phi) is 6.66. The van der Waals surface area contributed by atoms with Gasteiger partial charge in [-0.3, -0.25) is 4.79 Å². The summed E-state index contributed by atoms with van der Waals surface area (Å²) in [5.74, 6) is 1.59. The molecular weight excluding hydrogens is 350 g/mol. The Bertz CT molecular complexity index is 930. The lowest BCUT2D eigenvalue weighted by atomic mass is 9.99. The number of rotatable bonds is 9. The number of carbonyl (C=O) groups is 1. The summed E-state index contributed by atoms with van der Waals surface area (Å²) in [4.78, 5) is 15.1. The van der Waals surface area contributed by atoms with E-state index >= 15 is 0 Å². The summed E-state index contributed by atoms with van der Waals surface area (Å²) in [6.07, 6.45) is 0. The van der Waals surface area contributed by atoms with E-state index in [0.29, 0.717) is 17.7 Å². The van der Waals surface area contributed by atoms with Crippen molar-refractivity contribution in [3.05, 3.63) is 71.8 Å². The molecule has 3 rings (SSSR count). The highest BCUT2D eigenvalue weighted by molar-refractivity contribution is 6.11. The molecular formula is C24H27NO3. The molecule has 0 heterocycles. The van der Waals surface area contributed by atoms with Crippen molar-refractivity contribution in [1.82, 2.24) is 4.90 Å². The van der Waals surface area contributed by atoms with Gasteiger partial charge in [-0.2, -0.15) is 0 Å². The Balaban J connectivity index is 1.79. The van der Waals surface area contributed by atoms with Crippen LogP contribution in [0.4, 0.5) is 0 Å². The number of hydrogen-bond donors (Lipinski definition) is 0. The molecule has 0 radical (unpaired) electrons. The fourth-order valence-electron chi connectivity index (χ4n) is 3.25. The van der Waals surface area contributed by atoms with E-state index in [1.807, 2.05) is 36.4 Å². The molecule has 0 bridgehead atoms. The van der Waals surface area contributed by atoms with Crippen molar-refractivity contribution in [3.8, 4) is 11.5 Å². The first-order valence-corrected chi connectivity index (χ1v) is 9.73. The Hall–Kier alpha value is -2.85. The molecule has 3 aromatic rings. The van der Waals surface area contributed by atoms with Crippen LogP contribution in [0.15, 0.2) is 60.7 Å². The molecule has 0 amide bonds. The fraction of sp³-hybridized carbons (Fsp3) is 0.292. The predicted octanol–water partition coefficient (Wildman–Crippen LogP) is 4.80. The minimum absolute atomic E-state index is 0.00240. The largest absolute Gasteiger partial charge is 0.497 e. The lowest BCUT2D eigenvalue weighted by Gasteiger charge is -2.18. The summed E-state index contributed by atoms with van der Waals surface area (Å²) >= 11 is 0. The second-order valence-electron chi connectivity index (χ2n) is 6.63. The molecule has 0 aliphatic carbocycles. The minimum Gasteiger partial charge on any atom is -0.497 e. The van der Waals surface area contributed by atoms with Crippen LogP contribution >= 0.6 is 0 Å². The van der Waals surface area contributed by atoms with Crippen LogP contribution < -0.4 is 9.47 Å². The Morgan fingerprint density at radius 2 is 1.64 bits per heavy atom. The average molecular weight is 377 g/mol. The number of benzene rings is 3. The van der Waals surface area contributed by atoms with Gasteiger partial charge in [-0.25, -0.2) is 0 Å². The van der Waals surface area contributed by atoms with Gasteiger partial charge >= 0.3 is 0 Å². The number of methoxy groups -OCH3 is 1. The normalized spacial score (nSPS) is 11.0. The van der Waals surface area contributed by atoms with Crippen LogP contribution in [0.5, 0.6) is 11.5 Å². The second-order valence-corrected chi connectivity index (χ2v) is 6.63. The highest BCUT2D eigenvalue weighted by Crippen LogP contribution is 2.27. The third kappa shape index (κ3) is 4.52. The number of ether oxygens (including phenoxy) is 2. The SMILES string of the molecule is CCN(CC)CCOc1cccc2cc(C(=O)c3ccc(OC)cc3)ccc12. The maximum atomic E-state index is 12.8. The van der Waals surface area contributed by atoms with Crippen molar-refractivity contribution in [2.75, 3.05) is 33.4 Å². The fourth-order valence-corrected chi connectivity index (χ4v) is 3.25. The number of ketones is 1. The van der Waals surface area contributed by atoms with Crippen LogP contribution in [0, 0.1) is 0 Å².